The third kappa shape index (κ3) is 2.21. The van der Waals surface area contributed by atoms with Gasteiger partial charge in [0.1, 0.15) is 0 Å². The van der Waals surface area contributed by atoms with Crippen molar-refractivity contribution in [1.29, 1.82) is 0 Å². The first-order valence-corrected chi connectivity index (χ1v) is 6.49. The minimum Gasteiger partial charge on any atom is -0.303 e. The molecule has 5 heteroatoms. The lowest BCUT2D eigenvalue weighted by molar-refractivity contribution is 0.0618. The van der Waals surface area contributed by atoms with Crippen molar-refractivity contribution < 1.29 is 8.42 Å². The van der Waals surface area contributed by atoms with Crippen LogP contribution in [0.4, 0.5) is 0 Å². The fourth-order valence-electron chi connectivity index (χ4n) is 2.57. The van der Waals surface area contributed by atoms with E-state index in [1.807, 2.05) is 0 Å². The van der Waals surface area contributed by atoms with Crippen molar-refractivity contribution in [2.75, 3.05) is 25.4 Å². The average Bonchev–Trinajstić information content (AvgIpc) is 2.03. The molecule has 13 heavy (non-hydrogen) atoms. The summed E-state index contributed by atoms with van der Waals surface area (Å²) in [5, 5.41) is 5.05. The molecule has 2 N–H and O–H groups in total. The molecule has 0 aliphatic carbocycles. The van der Waals surface area contributed by atoms with E-state index in [1.165, 1.54) is 0 Å². The molecule has 2 bridgehead atoms. The Kier molecular flexibility index (Phi) is 2.33. The highest BCUT2D eigenvalue weighted by molar-refractivity contribution is 7.89. The predicted molar refractivity (Wildman–Crippen MR) is 50.6 cm³/mol. The van der Waals surface area contributed by atoms with Crippen molar-refractivity contribution in [3.63, 3.8) is 0 Å². The van der Waals surface area contributed by atoms with E-state index in [0.717, 1.165) is 32.5 Å². The van der Waals surface area contributed by atoms with Crippen LogP contribution >= 0.6 is 0 Å². The Bertz CT molecular complexity index is 281. The number of hydrogen-bond acceptors (Lipinski definition) is 3. The lowest BCUT2D eigenvalue weighted by Crippen LogP contribution is -2.49. The molecule has 0 amide bonds. The third-order valence-electron chi connectivity index (χ3n) is 3.24. The van der Waals surface area contributed by atoms with Crippen molar-refractivity contribution in [2.24, 2.45) is 17.0 Å². The molecule has 3 aliphatic heterocycles. The Balaban J connectivity index is 2.01. The normalized spacial score (nSPS) is 39.3. The average molecular weight is 204 g/mol. The zero-order chi connectivity index (χ0) is 9.47. The molecule has 4 nitrogen and oxygen atoms in total. The molecule has 3 saturated heterocycles. The molecule has 0 aromatic rings. The summed E-state index contributed by atoms with van der Waals surface area (Å²) >= 11 is 0. The molecular weight excluding hydrogens is 188 g/mol. The molecule has 0 unspecified atom stereocenters. The number of nitrogens with two attached hydrogens (primary N) is 1. The topological polar surface area (TPSA) is 63.4 Å². The van der Waals surface area contributed by atoms with Gasteiger partial charge in [-0.1, -0.05) is 0 Å². The van der Waals surface area contributed by atoms with E-state index in [-0.39, 0.29) is 11.7 Å². The van der Waals surface area contributed by atoms with Gasteiger partial charge < -0.3 is 4.90 Å². The van der Waals surface area contributed by atoms with E-state index in [9.17, 15) is 8.42 Å². The second-order valence-electron chi connectivity index (χ2n) is 4.23. The second-order valence-corrected chi connectivity index (χ2v) is 5.89. The molecule has 1 atom stereocenters. The lowest BCUT2D eigenvalue weighted by atomic mass is 9.80. The summed E-state index contributed by atoms with van der Waals surface area (Å²) in [5.41, 5.74) is 0. The summed E-state index contributed by atoms with van der Waals surface area (Å²) in [7, 11) is -3.27. The van der Waals surface area contributed by atoms with Crippen LogP contribution in [0.15, 0.2) is 0 Å². The van der Waals surface area contributed by atoms with Gasteiger partial charge in [-0.2, -0.15) is 0 Å². The number of fused-ring (bicyclic) bond motifs is 3. The maximum Gasteiger partial charge on any atom is 0.209 e. The molecule has 3 aliphatic rings. The fraction of sp³-hybridized carbons (Fsp3) is 1.00. The molecule has 0 spiro atoms. The van der Waals surface area contributed by atoms with Crippen LogP contribution in [0.1, 0.15) is 12.8 Å². The van der Waals surface area contributed by atoms with Crippen LogP contribution in [0.3, 0.4) is 0 Å². The van der Waals surface area contributed by atoms with Gasteiger partial charge >= 0.3 is 0 Å². The van der Waals surface area contributed by atoms with Crippen LogP contribution in [-0.2, 0) is 10.0 Å². The highest BCUT2D eigenvalue weighted by Crippen LogP contribution is 2.32. The maximum absolute atomic E-state index is 10.9. The van der Waals surface area contributed by atoms with Gasteiger partial charge in [0, 0.05) is 6.54 Å². The van der Waals surface area contributed by atoms with Crippen LogP contribution in [0.5, 0.6) is 0 Å². The lowest BCUT2D eigenvalue weighted by Gasteiger charge is -2.44. The first-order chi connectivity index (χ1) is 6.04. The second kappa shape index (κ2) is 3.22. The predicted octanol–water partition coefficient (Wildman–Crippen LogP) is -0.383. The number of nitrogens with zero attached hydrogens (tertiary/aromatic N) is 1. The zero-order valence-corrected chi connectivity index (χ0v) is 8.46. The first kappa shape index (κ1) is 9.43. The van der Waals surface area contributed by atoms with Crippen molar-refractivity contribution >= 4 is 10.0 Å². The molecule has 0 aromatic heterocycles. The highest BCUT2D eigenvalue weighted by Gasteiger charge is 2.35. The molecule has 0 saturated carbocycles. The number of primary sulfonamides is 1. The van der Waals surface area contributed by atoms with Gasteiger partial charge in [-0.3, -0.25) is 0 Å². The highest BCUT2D eigenvalue weighted by atomic mass is 32.2. The number of sulfonamides is 1. The van der Waals surface area contributed by atoms with E-state index >= 15 is 0 Å². The van der Waals surface area contributed by atoms with Crippen LogP contribution in [-0.4, -0.2) is 38.7 Å². The van der Waals surface area contributed by atoms with E-state index in [4.69, 9.17) is 5.14 Å². The van der Waals surface area contributed by atoms with Crippen LogP contribution < -0.4 is 5.14 Å². The Labute approximate surface area is 79.1 Å². The maximum atomic E-state index is 10.9. The molecular formula is C8H16N2O2S. The molecule has 0 radical (unpaired) electrons. The van der Waals surface area contributed by atoms with E-state index in [1.54, 1.807) is 0 Å². The third-order valence-corrected chi connectivity index (χ3v) is 4.13. The summed E-state index contributed by atoms with van der Waals surface area (Å²) in [6.45, 7) is 3.22. The minimum atomic E-state index is -3.27. The zero-order valence-electron chi connectivity index (χ0n) is 7.65. The summed E-state index contributed by atoms with van der Waals surface area (Å²) in [5.74, 6) is 1.06. The Morgan fingerprint density at radius 2 is 1.92 bits per heavy atom. The summed E-state index contributed by atoms with van der Waals surface area (Å²) < 4.78 is 21.9. The fourth-order valence-corrected chi connectivity index (χ4v) is 3.55. The van der Waals surface area contributed by atoms with Gasteiger partial charge in [0.05, 0.1) is 5.75 Å². The van der Waals surface area contributed by atoms with E-state index in [2.05, 4.69) is 4.90 Å². The molecule has 3 heterocycles. The SMILES string of the molecule is NS(=O)(=O)C[C@H]1CN2CCC1CC2. The summed E-state index contributed by atoms with van der Waals surface area (Å²) in [4.78, 5) is 2.34. The van der Waals surface area contributed by atoms with Crippen molar-refractivity contribution in [3.05, 3.63) is 0 Å². The minimum absolute atomic E-state index is 0.175. The van der Waals surface area contributed by atoms with Gasteiger partial charge in [-0.15, -0.1) is 0 Å². The Hall–Kier alpha value is -0.130. The Morgan fingerprint density at radius 1 is 1.31 bits per heavy atom. The molecule has 76 valence electrons. The number of hydrogen-bond donors (Lipinski definition) is 1. The van der Waals surface area contributed by atoms with Crippen molar-refractivity contribution in [2.45, 2.75) is 12.8 Å². The number of piperidine rings is 3. The van der Waals surface area contributed by atoms with E-state index in [0.29, 0.717) is 5.92 Å². The smallest absolute Gasteiger partial charge is 0.209 e. The van der Waals surface area contributed by atoms with Gasteiger partial charge in [-0.25, -0.2) is 13.6 Å². The van der Waals surface area contributed by atoms with Crippen LogP contribution in [0.2, 0.25) is 0 Å². The van der Waals surface area contributed by atoms with Crippen molar-refractivity contribution in [1.82, 2.24) is 4.90 Å². The number of rotatable bonds is 2. The first-order valence-electron chi connectivity index (χ1n) is 4.77. The largest absolute Gasteiger partial charge is 0.303 e. The monoisotopic (exact) mass is 204 g/mol. The van der Waals surface area contributed by atoms with Gasteiger partial charge in [0.2, 0.25) is 10.0 Å². The summed E-state index contributed by atoms with van der Waals surface area (Å²) in [6.07, 6.45) is 2.31. The molecule has 3 rings (SSSR count). The standard InChI is InChI=1S/C8H16N2O2S/c9-13(11,12)6-8-5-10-3-1-7(8)2-4-10/h7-8H,1-6H2,(H2,9,11,12)/t8-/m1/s1. The van der Waals surface area contributed by atoms with Crippen LogP contribution in [0.25, 0.3) is 0 Å². The molecule has 0 aromatic carbocycles. The van der Waals surface area contributed by atoms with Crippen LogP contribution in [0, 0.1) is 11.8 Å². The van der Waals surface area contributed by atoms with Gasteiger partial charge in [0.15, 0.2) is 0 Å². The molecule has 3 fully saturated rings. The van der Waals surface area contributed by atoms with E-state index < -0.39 is 10.0 Å². The van der Waals surface area contributed by atoms with Gasteiger partial charge in [0.25, 0.3) is 0 Å². The quantitative estimate of drug-likeness (QED) is 0.666. The summed E-state index contributed by atoms with van der Waals surface area (Å²) in [6, 6.07) is 0. The van der Waals surface area contributed by atoms with Crippen molar-refractivity contribution in [3.8, 4) is 0 Å². The van der Waals surface area contributed by atoms with Gasteiger partial charge in [-0.05, 0) is 37.8 Å². The Morgan fingerprint density at radius 3 is 2.31 bits per heavy atom.